The fourth-order valence-corrected chi connectivity index (χ4v) is 2.01. The van der Waals surface area contributed by atoms with Crippen LogP contribution < -0.4 is 0 Å². The summed E-state index contributed by atoms with van der Waals surface area (Å²) in [4.78, 5) is 0. The van der Waals surface area contributed by atoms with Gasteiger partial charge in [0.1, 0.15) is 5.82 Å². The van der Waals surface area contributed by atoms with E-state index in [4.69, 9.17) is 0 Å². The van der Waals surface area contributed by atoms with Crippen LogP contribution in [0.15, 0.2) is 35.9 Å². The average molecular weight is 206 g/mol. The molecule has 0 aromatic heterocycles. The topological polar surface area (TPSA) is 20.2 Å². The Morgan fingerprint density at radius 2 is 2.13 bits per heavy atom. The fraction of sp³-hybridized carbons (Fsp3) is 0.385. The van der Waals surface area contributed by atoms with Gasteiger partial charge in [-0.1, -0.05) is 29.8 Å². The summed E-state index contributed by atoms with van der Waals surface area (Å²) in [6.45, 7) is 0. The van der Waals surface area contributed by atoms with Crippen LogP contribution in [0.4, 0.5) is 4.39 Å². The molecule has 0 bridgehead atoms. The second-order valence-corrected chi connectivity index (χ2v) is 4.05. The predicted octanol–water partition coefficient (Wildman–Crippen LogP) is 2.84. The van der Waals surface area contributed by atoms with Crippen molar-refractivity contribution < 1.29 is 9.50 Å². The molecule has 1 unspecified atom stereocenters. The highest BCUT2D eigenvalue weighted by molar-refractivity contribution is 5.24. The SMILES string of the molecule is OC1C=C(Cc2ccccc2F)CCC1. The zero-order valence-electron chi connectivity index (χ0n) is 8.62. The maximum absolute atomic E-state index is 13.4. The average Bonchev–Trinajstić information content (AvgIpc) is 2.22. The molecule has 1 aromatic carbocycles. The Kier molecular flexibility index (Phi) is 3.17. The van der Waals surface area contributed by atoms with Crippen LogP contribution >= 0.6 is 0 Å². The van der Waals surface area contributed by atoms with Crippen molar-refractivity contribution in [1.82, 2.24) is 0 Å². The molecule has 0 saturated carbocycles. The van der Waals surface area contributed by atoms with Gasteiger partial charge < -0.3 is 5.11 Å². The quantitative estimate of drug-likeness (QED) is 0.738. The van der Waals surface area contributed by atoms with Crippen LogP contribution in [0, 0.1) is 5.82 Å². The van der Waals surface area contributed by atoms with E-state index in [2.05, 4.69) is 0 Å². The Morgan fingerprint density at radius 1 is 1.33 bits per heavy atom. The Bertz CT molecular complexity index is 371. The number of rotatable bonds is 2. The molecule has 0 saturated heterocycles. The molecule has 15 heavy (non-hydrogen) atoms. The summed E-state index contributed by atoms with van der Waals surface area (Å²) in [5.74, 6) is -0.154. The van der Waals surface area contributed by atoms with Gasteiger partial charge in [0.15, 0.2) is 0 Å². The van der Waals surface area contributed by atoms with Gasteiger partial charge in [0.25, 0.3) is 0 Å². The predicted molar refractivity (Wildman–Crippen MR) is 58.0 cm³/mol. The van der Waals surface area contributed by atoms with Gasteiger partial charge in [-0.2, -0.15) is 0 Å². The van der Waals surface area contributed by atoms with Crippen molar-refractivity contribution in [1.29, 1.82) is 0 Å². The lowest BCUT2D eigenvalue weighted by atomic mass is 9.92. The Balaban J connectivity index is 2.12. The van der Waals surface area contributed by atoms with E-state index in [1.54, 1.807) is 12.1 Å². The van der Waals surface area contributed by atoms with Crippen LogP contribution in [0.25, 0.3) is 0 Å². The van der Waals surface area contributed by atoms with Crippen LogP contribution in [0.1, 0.15) is 24.8 Å². The molecule has 2 rings (SSSR count). The van der Waals surface area contributed by atoms with Crippen LogP contribution in [0.5, 0.6) is 0 Å². The standard InChI is InChI=1S/C13H15FO/c14-13-7-2-1-5-11(13)8-10-4-3-6-12(15)9-10/h1-2,5,7,9,12,15H,3-4,6,8H2. The molecular formula is C13H15FO. The molecule has 0 amide bonds. The summed E-state index contributed by atoms with van der Waals surface area (Å²) < 4.78 is 13.4. The van der Waals surface area contributed by atoms with Gasteiger partial charge >= 0.3 is 0 Å². The van der Waals surface area contributed by atoms with Crippen LogP contribution in [0.2, 0.25) is 0 Å². The van der Waals surface area contributed by atoms with Crippen molar-refractivity contribution in [2.24, 2.45) is 0 Å². The monoisotopic (exact) mass is 206 g/mol. The molecule has 1 aliphatic carbocycles. The van der Waals surface area contributed by atoms with Gasteiger partial charge in [-0.15, -0.1) is 0 Å². The van der Waals surface area contributed by atoms with E-state index in [0.717, 1.165) is 30.4 Å². The number of hydrogen-bond donors (Lipinski definition) is 1. The first kappa shape index (κ1) is 10.4. The van der Waals surface area contributed by atoms with Crippen molar-refractivity contribution in [2.75, 3.05) is 0 Å². The van der Waals surface area contributed by atoms with Crippen molar-refractivity contribution in [3.63, 3.8) is 0 Å². The minimum Gasteiger partial charge on any atom is -0.389 e. The highest BCUT2D eigenvalue weighted by Crippen LogP contribution is 2.22. The van der Waals surface area contributed by atoms with Crippen molar-refractivity contribution in [3.8, 4) is 0 Å². The van der Waals surface area contributed by atoms with Crippen LogP contribution in [-0.4, -0.2) is 11.2 Å². The van der Waals surface area contributed by atoms with Gasteiger partial charge in [0.05, 0.1) is 6.10 Å². The summed E-state index contributed by atoms with van der Waals surface area (Å²) in [5, 5.41) is 9.46. The first-order chi connectivity index (χ1) is 7.25. The number of hydrogen-bond acceptors (Lipinski definition) is 1. The molecule has 80 valence electrons. The molecule has 1 nitrogen and oxygen atoms in total. The second kappa shape index (κ2) is 4.58. The van der Waals surface area contributed by atoms with Crippen molar-refractivity contribution >= 4 is 0 Å². The van der Waals surface area contributed by atoms with E-state index < -0.39 is 0 Å². The minimum atomic E-state index is -0.333. The molecule has 2 heteroatoms. The Morgan fingerprint density at radius 3 is 2.87 bits per heavy atom. The number of benzene rings is 1. The molecule has 0 aliphatic heterocycles. The van der Waals surface area contributed by atoms with Gasteiger partial charge in [-0.25, -0.2) is 4.39 Å². The molecule has 1 aliphatic rings. The highest BCUT2D eigenvalue weighted by atomic mass is 19.1. The van der Waals surface area contributed by atoms with E-state index in [0.29, 0.717) is 6.42 Å². The Hall–Kier alpha value is -1.15. The van der Waals surface area contributed by atoms with Crippen LogP contribution in [0.3, 0.4) is 0 Å². The molecule has 1 N–H and O–H groups in total. The van der Waals surface area contributed by atoms with E-state index in [1.165, 1.54) is 6.07 Å². The van der Waals surface area contributed by atoms with E-state index in [9.17, 15) is 9.50 Å². The summed E-state index contributed by atoms with van der Waals surface area (Å²) in [6.07, 6.45) is 4.98. The number of allylic oxidation sites excluding steroid dienone is 1. The number of aliphatic hydroxyl groups is 1. The fourth-order valence-electron chi connectivity index (χ4n) is 2.01. The molecule has 1 atom stereocenters. The lowest BCUT2D eigenvalue weighted by molar-refractivity contribution is 0.202. The number of halogens is 1. The highest BCUT2D eigenvalue weighted by Gasteiger charge is 2.12. The molecule has 1 aromatic rings. The van der Waals surface area contributed by atoms with E-state index >= 15 is 0 Å². The third-order valence-corrected chi connectivity index (χ3v) is 2.80. The molecule has 0 radical (unpaired) electrons. The van der Waals surface area contributed by atoms with Gasteiger partial charge in [0, 0.05) is 0 Å². The van der Waals surface area contributed by atoms with Crippen molar-refractivity contribution in [3.05, 3.63) is 47.3 Å². The third kappa shape index (κ3) is 2.66. The maximum Gasteiger partial charge on any atom is 0.126 e. The van der Waals surface area contributed by atoms with Gasteiger partial charge in [0.2, 0.25) is 0 Å². The smallest absolute Gasteiger partial charge is 0.126 e. The normalized spacial score (nSPS) is 21.2. The van der Waals surface area contributed by atoms with E-state index in [-0.39, 0.29) is 11.9 Å². The molecule has 0 spiro atoms. The van der Waals surface area contributed by atoms with Crippen LogP contribution in [-0.2, 0) is 6.42 Å². The summed E-state index contributed by atoms with van der Waals surface area (Å²) in [7, 11) is 0. The first-order valence-electron chi connectivity index (χ1n) is 5.37. The molecular weight excluding hydrogens is 191 g/mol. The lowest BCUT2D eigenvalue weighted by Gasteiger charge is -2.17. The Labute approximate surface area is 89.3 Å². The second-order valence-electron chi connectivity index (χ2n) is 4.05. The summed E-state index contributed by atoms with van der Waals surface area (Å²) in [6, 6.07) is 6.83. The first-order valence-corrected chi connectivity index (χ1v) is 5.37. The summed E-state index contributed by atoms with van der Waals surface area (Å²) >= 11 is 0. The minimum absolute atomic E-state index is 0.154. The van der Waals surface area contributed by atoms with Gasteiger partial charge in [-0.3, -0.25) is 0 Å². The maximum atomic E-state index is 13.4. The summed E-state index contributed by atoms with van der Waals surface area (Å²) in [5.41, 5.74) is 1.87. The number of aliphatic hydroxyl groups excluding tert-OH is 1. The van der Waals surface area contributed by atoms with E-state index in [1.807, 2.05) is 12.1 Å². The lowest BCUT2D eigenvalue weighted by Crippen LogP contribution is -2.10. The largest absolute Gasteiger partial charge is 0.389 e. The molecule has 0 fully saturated rings. The zero-order chi connectivity index (χ0) is 10.7. The zero-order valence-corrected chi connectivity index (χ0v) is 8.62. The van der Waals surface area contributed by atoms with Crippen molar-refractivity contribution in [2.45, 2.75) is 31.8 Å². The molecule has 0 heterocycles. The van der Waals surface area contributed by atoms with Gasteiger partial charge in [-0.05, 0) is 37.3 Å². The third-order valence-electron chi connectivity index (χ3n) is 2.80.